The van der Waals surface area contributed by atoms with Crippen molar-refractivity contribution in [1.82, 2.24) is 5.32 Å². The summed E-state index contributed by atoms with van der Waals surface area (Å²) in [4.78, 5) is 35.0. The predicted molar refractivity (Wildman–Crippen MR) is 80.5 cm³/mol. The monoisotopic (exact) mass is 304 g/mol. The van der Waals surface area contributed by atoms with Crippen LogP contribution < -0.4 is 11.1 Å². The van der Waals surface area contributed by atoms with Crippen molar-refractivity contribution < 1.29 is 19.5 Å². The smallest absolute Gasteiger partial charge is 0.329 e. The van der Waals surface area contributed by atoms with Gasteiger partial charge in [0.25, 0.3) is 5.91 Å². The maximum atomic E-state index is 12.3. The molecule has 1 aromatic carbocycles. The summed E-state index contributed by atoms with van der Waals surface area (Å²) in [5.74, 6) is -2.01. The highest BCUT2D eigenvalue weighted by molar-refractivity contribution is 5.99. The molecule has 4 N–H and O–H groups in total. The van der Waals surface area contributed by atoms with Gasteiger partial charge in [-0.25, -0.2) is 4.79 Å². The predicted octanol–water partition coefficient (Wildman–Crippen LogP) is 1.69. The van der Waals surface area contributed by atoms with Gasteiger partial charge in [0.05, 0.1) is 0 Å². The molecule has 1 fully saturated rings. The van der Waals surface area contributed by atoms with Crippen LogP contribution in [0.15, 0.2) is 24.3 Å². The minimum absolute atomic E-state index is 0.305. The van der Waals surface area contributed by atoms with Gasteiger partial charge < -0.3 is 16.2 Å². The number of nitrogens with two attached hydrogens (primary N) is 1. The van der Waals surface area contributed by atoms with Crippen LogP contribution >= 0.6 is 0 Å². The number of hydrogen-bond acceptors (Lipinski definition) is 3. The zero-order chi connectivity index (χ0) is 16.2. The van der Waals surface area contributed by atoms with Crippen LogP contribution in [0.5, 0.6) is 0 Å². The number of nitrogens with one attached hydrogen (secondary N) is 1. The first-order valence-electron chi connectivity index (χ1n) is 7.40. The molecular formula is C16H20N2O4. The van der Waals surface area contributed by atoms with E-state index in [2.05, 4.69) is 5.32 Å². The lowest BCUT2D eigenvalue weighted by Gasteiger charge is -2.29. The van der Waals surface area contributed by atoms with Gasteiger partial charge in [-0.3, -0.25) is 9.59 Å². The Labute approximate surface area is 128 Å². The maximum Gasteiger partial charge on any atom is 0.329 e. The summed E-state index contributed by atoms with van der Waals surface area (Å²) in [5, 5.41) is 12.2. The standard InChI is InChI=1S/C16H20N2O4/c17-13(19)11-5-7-12(8-6-11)14(20)18-16(15(21)22)9-3-1-2-4-10-16/h5-8H,1-4,9-10H2,(H2,17,19)(H,18,20)(H,21,22). The van der Waals surface area contributed by atoms with Gasteiger partial charge in [0.2, 0.25) is 5.91 Å². The molecular weight excluding hydrogens is 284 g/mol. The van der Waals surface area contributed by atoms with E-state index in [9.17, 15) is 19.5 Å². The first kappa shape index (κ1) is 16.0. The second kappa shape index (κ2) is 6.60. The third kappa shape index (κ3) is 3.44. The van der Waals surface area contributed by atoms with E-state index in [1.165, 1.54) is 24.3 Å². The molecule has 22 heavy (non-hydrogen) atoms. The van der Waals surface area contributed by atoms with Crippen LogP contribution in [-0.4, -0.2) is 28.4 Å². The van der Waals surface area contributed by atoms with Crippen molar-refractivity contribution in [3.63, 3.8) is 0 Å². The molecule has 0 radical (unpaired) electrons. The summed E-state index contributed by atoms with van der Waals surface area (Å²) < 4.78 is 0. The molecule has 0 atom stereocenters. The Morgan fingerprint density at radius 1 is 0.955 bits per heavy atom. The number of carboxylic acid groups (broad SMARTS) is 1. The topological polar surface area (TPSA) is 109 Å². The van der Waals surface area contributed by atoms with Crippen LogP contribution in [0.3, 0.4) is 0 Å². The minimum Gasteiger partial charge on any atom is -0.480 e. The number of rotatable bonds is 4. The van der Waals surface area contributed by atoms with Crippen LogP contribution in [-0.2, 0) is 4.79 Å². The van der Waals surface area contributed by atoms with Crippen molar-refractivity contribution in [2.75, 3.05) is 0 Å². The molecule has 2 amide bonds. The summed E-state index contributed by atoms with van der Waals surface area (Å²) in [6.07, 6.45) is 4.41. The van der Waals surface area contributed by atoms with Gasteiger partial charge in [0.15, 0.2) is 0 Å². The van der Waals surface area contributed by atoms with Crippen molar-refractivity contribution >= 4 is 17.8 Å². The Kier molecular flexibility index (Phi) is 4.80. The molecule has 6 heteroatoms. The normalized spacial score (nSPS) is 17.3. The van der Waals surface area contributed by atoms with Crippen LogP contribution in [0.2, 0.25) is 0 Å². The van der Waals surface area contributed by atoms with E-state index >= 15 is 0 Å². The Morgan fingerprint density at radius 3 is 1.91 bits per heavy atom. The lowest BCUT2D eigenvalue weighted by atomic mass is 9.89. The Bertz CT molecular complexity index is 572. The fourth-order valence-corrected chi connectivity index (χ4v) is 2.80. The molecule has 0 saturated heterocycles. The number of carboxylic acids is 1. The summed E-state index contributed by atoms with van der Waals surface area (Å²) in [6, 6.07) is 5.86. The fraction of sp³-hybridized carbons (Fsp3) is 0.438. The van der Waals surface area contributed by atoms with Gasteiger partial charge in [-0.15, -0.1) is 0 Å². The molecule has 1 aliphatic rings. The lowest BCUT2D eigenvalue weighted by molar-refractivity contribution is -0.145. The third-order valence-corrected chi connectivity index (χ3v) is 4.15. The summed E-state index contributed by atoms with van der Waals surface area (Å²) in [7, 11) is 0. The van der Waals surface area contributed by atoms with Crippen molar-refractivity contribution in [3.05, 3.63) is 35.4 Å². The molecule has 6 nitrogen and oxygen atoms in total. The van der Waals surface area contributed by atoms with E-state index in [1.54, 1.807) is 0 Å². The van der Waals surface area contributed by atoms with E-state index in [0.717, 1.165) is 25.7 Å². The molecule has 1 aliphatic carbocycles. The Hall–Kier alpha value is -2.37. The SMILES string of the molecule is NC(=O)c1ccc(C(=O)NC2(C(=O)O)CCCCCC2)cc1. The van der Waals surface area contributed by atoms with E-state index in [0.29, 0.717) is 24.0 Å². The molecule has 0 aliphatic heterocycles. The van der Waals surface area contributed by atoms with E-state index in [4.69, 9.17) is 5.73 Å². The summed E-state index contributed by atoms with van der Waals surface area (Å²) >= 11 is 0. The average molecular weight is 304 g/mol. The van der Waals surface area contributed by atoms with E-state index in [-0.39, 0.29) is 0 Å². The second-order valence-electron chi connectivity index (χ2n) is 5.70. The molecule has 0 aromatic heterocycles. The summed E-state index contributed by atoms with van der Waals surface area (Å²) in [6.45, 7) is 0. The first-order valence-corrected chi connectivity index (χ1v) is 7.40. The van der Waals surface area contributed by atoms with Gasteiger partial charge in [0, 0.05) is 11.1 Å². The molecule has 118 valence electrons. The first-order chi connectivity index (χ1) is 10.4. The molecule has 0 bridgehead atoms. The van der Waals surface area contributed by atoms with Gasteiger partial charge in [0.1, 0.15) is 5.54 Å². The summed E-state index contributed by atoms with van der Waals surface area (Å²) in [5.41, 5.74) is 4.57. The van der Waals surface area contributed by atoms with Crippen LogP contribution in [0, 0.1) is 0 Å². The molecule has 1 aromatic rings. The highest BCUT2D eigenvalue weighted by atomic mass is 16.4. The third-order valence-electron chi connectivity index (χ3n) is 4.15. The van der Waals surface area contributed by atoms with Crippen molar-refractivity contribution in [3.8, 4) is 0 Å². The number of benzene rings is 1. The lowest BCUT2D eigenvalue weighted by Crippen LogP contribution is -2.54. The van der Waals surface area contributed by atoms with Gasteiger partial charge in [-0.1, -0.05) is 25.7 Å². The van der Waals surface area contributed by atoms with Gasteiger partial charge in [-0.2, -0.15) is 0 Å². The Morgan fingerprint density at radius 2 is 1.45 bits per heavy atom. The van der Waals surface area contributed by atoms with Crippen LogP contribution in [0.25, 0.3) is 0 Å². The zero-order valence-electron chi connectivity index (χ0n) is 12.3. The number of carbonyl (C=O) groups is 3. The number of carbonyl (C=O) groups excluding carboxylic acids is 2. The quantitative estimate of drug-likeness (QED) is 0.735. The van der Waals surface area contributed by atoms with Crippen LogP contribution in [0.4, 0.5) is 0 Å². The van der Waals surface area contributed by atoms with Crippen molar-refractivity contribution in [2.45, 2.75) is 44.1 Å². The number of hydrogen-bond donors (Lipinski definition) is 3. The van der Waals surface area contributed by atoms with Gasteiger partial charge >= 0.3 is 5.97 Å². The molecule has 0 heterocycles. The van der Waals surface area contributed by atoms with Crippen molar-refractivity contribution in [1.29, 1.82) is 0 Å². The second-order valence-corrected chi connectivity index (χ2v) is 5.70. The van der Waals surface area contributed by atoms with Crippen molar-refractivity contribution in [2.24, 2.45) is 5.73 Å². The largest absolute Gasteiger partial charge is 0.480 e. The van der Waals surface area contributed by atoms with Gasteiger partial charge in [-0.05, 0) is 37.1 Å². The number of primary amides is 1. The molecule has 0 unspecified atom stereocenters. The number of aliphatic carboxylic acids is 1. The highest BCUT2D eigenvalue weighted by Gasteiger charge is 2.40. The molecule has 2 rings (SSSR count). The molecule has 1 saturated carbocycles. The Balaban J connectivity index is 2.17. The minimum atomic E-state index is -1.20. The maximum absolute atomic E-state index is 12.3. The van der Waals surface area contributed by atoms with Crippen LogP contribution in [0.1, 0.15) is 59.2 Å². The highest BCUT2D eigenvalue weighted by Crippen LogP contribution is 2.28. The van der Waals surface area contributed by atoms with E-state index in [1.807, 2.05) is 0 Å². The van der Waals surface area contributed by atoms with E-state index < -0.39 is 23.3 Å². The fourth-order valence-electron chi connectivity index (χ4n) is 2.80. The number of amides is 2. The molecule has 0 spiro atoms. The zero-order valence-corrected chi connectivity index (χ0v) is 12.3. The average Bonchev–Trinajstić information content (AvgIpc) is 2.74.